The van der Waals surface area contributed by atoms with Crippen LogP contribution in [-0.4, -0.2) is 23.8 Å². The molecule has 5 heteroatoms. The summed E-state index contributed by atoms with van der Waals surface area (Å²) in [6, 6.07) is 0. The zero-order chi connectivity index (χ0) is 15.1. The van der Waals surface area contributed by atoms with Gasteiger partial charge in [0.1, 0.15) is 10.8 Å². The van der Waals surface area contributed by atoms with E-state index in [4.69, 9.17) is 16.3 Å². The number of hydrogen-bond donors (Lipinski definition) is 0. The topological polar surface area (TPSA) is 39.2 Å². The molecule has 1 aromatic heterocycles. The van der Waals surface area contributed by atoms with Gasteiger partial charge in [0.15, 0.2) is 6.29 Å². The number of halogens is 1. The summed E-state index contributed by atoms with van der Waals surface area (Å²) in [6.45, 7) is 2.53. The maximum absolute atomic E-state index is 10.9. The Labute approximate surface area is 134 Å². The van der Waals surface area contributed by atoms with Gasteiger partial charge in [0.25, 0.3) is 0 Å². The molecule has 0 amide bonds. The van der Waals surface area contributed by atoms with E-state index in [1.165, 1.54) is 11.3 Å². The van der Waals surface area contributed by atoms with Gasteiger partial charge in [-0.05, 0) is 31.9 Å². The molecular formula is C16H18ClNO2S. The summed E-state index contributed by atoms with van der Waals surface area (Å²) in [5.41, 5.74) is 0.793. The molecular weight excluding hydrogens is 306 g/mol. The third-order valence-corrected chi connectivity index (χ3v) is 4.54. The van der Waals surface area contributed by atoms with Crippen molar-refractivity contribution >= 4 is 29.2 Å². The molecule has 0 aliphatic heterocycles. The van der Waals surface area contributed by atoms with Crippen LogP contribution in [0, 0.1) is 6.92 Å². The predicted octanol–water partition coefficient (Wildman–Crippen LogP) is 4.39. The number of aromatic nitrogens is 1. The van der Waals surface area contributed by atoms with E-state index in [9.17, 15) is 4.79 Å². The van der Waals surface area contributed by atoms with Gasteiger partial charge in [-0.3, -0.25) is 4.79 Å². The summed E-state index contributed by atoms with van der Waals surface area (Å²) < 4.78 is 5.69. The van der Waals surface area contributed by atoms with Crippen molar-refractivity contribution in [3.8, 4) is 0 Å². The number of aryl methyl sites for hydroxylation is 1. The predicted molar refractivity (Wildman–Crippen MR) is 87.2 cm³/mol. The molecule has 0 aromatic carbocycles. The quantitative estimate of drug-likeness (QED) is 0.424. The lowest BCUT2D eigenvalue weighted by molar-refractivity contribution is 0.112. The Hall–Kier alpha value is -1.39. The minimum atomic E-state index is 0.0857. The highest BCUT2D eigenvalue weighted by atomic mass is 35.5. The summed E-state index contributed by atoms with van der Waals surface area (Å²) in [4.78, 5) is 16.1. The average Bonchev–Trinajstić information content (AvgIpc) is 2.71. The number of ether oxygens (including phenoxy) is 1. The number of hydrogen-bond acceptors (Lipinski definition) is 4. The molecule has 0 fully saturated rings. The lowest BCUT2D eigenvalue weighted by atomic mass is 10.1. The van der Waals surface area contributed by atoms with Gasteiger partial charge in [0.05, 0.1) is 17.2 Å². The van der Waals surface area contributed by atoms with Crippen molar-refractivity contribution < 1.29 is 9.53 Å². The monoisotopic (exact) mass is 323 g/mol. The lowest BCUT2D eigenvalue weighted by Crippen LogP contribution is -1.94. The second kappa shape index (κ2) is 8.15. The summed E-state index contributed by atoms with van der Waals surface area (Å²) in [7, 11) is 0. The van der Waals surface area contributed by atoms with Crippen LogP contribution in [0.15, 0.2) is 36.1 Å². The van der Waals surface area contributed by atoms with Crippen LogP contribution in [0.1, 0.15) is 39.1 Å². The number of alkyl halides is 1. The zero-order valence-electron chi connectivity index (χ0n) is 11.9. The fourth-order valence-electron chi connectivity index (χ4n) is 1.92. The summed E-state index contributed by atoms with van der Waals surface area (Å²) >= 11 is 7.08. The molecule has 0 saturated carbocycles. The first-order chi connectivity index (χ1) is 10.2. The Balaban J connectivity index is 1.98. The van der Waals surface area contributed by atoms with E-state index in [-0.39, 0.29) is 5.92 Å². The van der Waals surface area contributed by atoms with Crippen LogP contribution in [0.4, 0.5) is 0 Å². The smallest absolute Gasteiger partial charge is 0.161 e. The van der Waals surface area contributed by atoms with E-state index in [1.807, 2.05) is 31.2 Å². The zero-order valence-corrected chi connectivity index (χ0v) is 13.5. The van der Waals surface area contributed by atoms with Gasteiger partial charge in [-0.2, -0.15) is 0 Å². The molecule has 1 heterocycles. The number of nitrogens with zero attached hydrogens (tertiary/aromatic N) is 1. The number of thiazole rings is 1. The van der Waals surface area contributed by atoms with E-state index >= 15 is 0 Å². The molecule has 112 valence electrons. The van der Waals surface area contributed by atoms with Crippen LogP contribution in [0.2, 0.25) is 0 Å². The summed E-state index contributed by atoms with van der Waals surface area (Å²) in [5.74, 6) is 1.60. The van der Waals surface area contributed by atoms with Crippen LogP contribution in [-0.2, 0) is 4.74 Å². The molecule has 0 N–H and O–H groups in total. The summed E-state index contributed by atoms with van der Waals surface area (Å²) in [6.07, 6.45) is 12.8. The molecule has 0 radical (unpaired) electrons. The van der Waals surface area contributed by atoms with Crippen LogP contribution < -0.4 is 0 Å². The first-order valence-corrected chi connectivity index (χ1v) is 8.27. The third-order valence-electron chi connectivity index (χ3n) is 3.08. The van der Waals surface area contributed by atoms with Crippen molar-refractivity contribution in [2.24, 2.45) is 0 Å². The van der Waals surface area contributed by atoms with E-state index in [1.54, 1.807) is 0 Å². The van der Waals surface area contributed by atoms with Crippen molar-refractivity contribution in [1.29, 1.82) is 0 Å². The third kappa shape index (κ3) is 4.55. The highest BCUT2D eigenvalue weighted by Gasteiger charge is 2.14. The second-order valence-electron chi connectivity index (χ2n) is 4.70. The van der Waals surface area contributed by atoms with Gasteiger partial charge in [-0.1, -0.05) is 18.2 Å². The minimum Gasteiger partial charge on any atom is -0.494 e. The second-order valence-corrected chi connectivity index (χ2v) is 6.14. The first kappa shape index (κ1) is 16.0. The Bertz CT molecular complexity index is 575. The molecule has 1 aromatic rings. The molecule has 1 unspecified atom stereocenters. The molecule has 0 saturated heterocycles. The maximum atomic E-state index is 10.9. The van der Waals surface area contributed by atoms with E-state index < -0.39 is 0 Å². The Morgan fingerprint density at radius 3 is 3.00 bits per heavy atom. The van der Waals surface area contributed by atoms with Crippen LogP contribution >= 0.6 is 22.9 Å². The number of aldehydes is 1. The molecule has 1 aliphatic carbocycles. The van der Waals surface area contributed by atoms with Gasteiger partial charge in [0.2, 0.25) is 0 Å². The van der Waals surface area contributed by atoms with Crippen molar-refractivity contribution in [3.63, 3.8) is 0 Å². The Morgan fingerprint density at radius 2 is 2.29 bits per heavy atom. The number of rotatable bonds is 7. The van der Waals surface area contributed by atoms with E-state index in [0.29, 0.717) is 17.4 Å². The molecule has 1 atom stereocenters. The molecule has 0 spiro atoms. The van der Waals surface area contributed by atoms with Gasteiger partial charge in [-0.15, -0.1) is 22.9 Å². The molecule has 21 heavy (non-hydrogen) atoms. The Morgan fingerprint density at radius 1 is 1.43 bits per heavy atom. The van der Waals surface area contributed by atoms with E-state index in [2.05, 4.69) is 11.1 Å². The number of unbranched alkanes of at least 4 members (excludes halogenated alkanes) is 1. The largest absolute Gasteiger partial charge is 0.494 e. The van der Waals surface area contributed by atoms with Gasteiger partial charge >= 0.3 is 0 Å². The number of carbonyl (C=O) groups excluding carboxylic acids is 1. The minimum absolute atomic E-state index is 0.0857. The van der Waals surface area contributed by atoms with Crippen LogP contribution in [0.3, 0.4) is 0 Å². The van der Waals surface area contributed by atoms with Crippen molar-refractivity contribution in [2.75, 3.05) is 12.5 Å². The highest BCUT2D eigenvalue weighted by molar-refractivity contribution is 7.13. The van der Waals surface area contributed by atoms with Gasteiger partial charge in [-0.25, -0.2) is 4.98 Å². The highest BCUT2D eigenvalue weighted by Crippen LogP contribution is 2.28. The summed E-state index contributed by atoms with van der Waals surface area (Å²) in [5, 5.41) is 0.930. The van der Waals surface area contributed by atoms with Crippen molar-refractivity contribution in [2.45, 2.75) is 25.7 Å². The normalized spacial score (nSPS) is 17.4. The van der Waals surface area contributed by atoms with Crippen molar-refractivity contribution in [3.05, 3.63) is 51.7 Å². The molecule has 3 nitrogen and oxygen atoms in total. The van der Waals surface area contributed by atoms with Gasteiger partial charge in [0, 0.05) is 11.8 Å². The maximum Gasteiger partial charge on any atom is 0.161 e. The standard InChI is InChI=1S/C16H18ClNO2S/c1-12-15(11-19)21-16(18-12)13-5-4-6-14(8-7-13)20-10-3-2-9-17/h4-8,11,13H,2-3,9-10H2,1H3. The fourth-order valence-corrected chi connectivity index (χ4v) is 3.05. The van der Waals surface area contributed by atoms with Crippen LogP contribution in [0.5, 0.6) is 0 Å². The van der Waals surface area contributed by atoms with Crippen molar-refractivity contribution in [1.82, 2.24) is 4.98 Å². The van der Waals surface area contributed by atoms with E-state index in [0.717, 1.165) is 35.6 Å². The Kier molecular flexibility index (Phi) is 6.21. The first-order valence-electron chi connectivity index (χ1n) is 6.92. The molecule has 1 aliphatic rings. The fraction of sp³-hybridized carbons (Fsp3) is 0.375. The van der Waals surface area contributed by atoms with Crippen LogP contribution in [0.25, 0.3) is 0 Å². The van der Waals surface area contributed by atoms with Gasteiger partial charge < -0.3 is 4.74 Å². The lowest BCUT2D eigenvalue weighted by Gasteiger charge is -2.05. The number of carbonyl (C=O) groups is 1. The SMILES string of the molecule is Cc1nc(C2C=CC=C(OCCCCCl)C=C2)sc1C=O. The molecule has 2 rings (SSSR count). The molecule has 0 bridgehead atoms. The number of allylic oxidation sites excluding steroid dienone is 5. The average molecular weight is 324 g/mol.